The van der Waals surface area contributed by atoms with Gasteiger partial charge < -0.3 is 16.4 Å². The summed E-state index contributed by atoms with van der Waals surface area (Å²) in [7, 11) is 0. The summed E-state index contributed by atoms with van der Waals surface area (Å²) in [5, 5.41) is 5.98. The molecule has 0 atom stereocenters. The van der Waals surface area contributed by atoms with Gasteiger partial charge in [-0.1, -0.05) is 23.5 Å². The number of carbonyl (C=O) groups excluding carboxylic acids is 2. The molecule has 0 radical (unpaired) electrons. The first-order chi connectivity index (χ1) is 12.1. The maximum absolute atomic E-state index is 12.3. The minimum absolute atomic E-state index is 0.201. The molecular formula is C17H17N5O2S. The lowest BCUT2D eigenvalue weighted by Crippen LogP contribution is -2.27. The molecule has 2 heterocycles. The van der Waals surface area contributed by atoms with Gasteiger partial charge in [0.1, 0.15) is 11.4 Å². The maximum atomic E-state index is 12.3. The summed E-state index contributed by atoms with van der Waals surface area (Å²) in [6, 6.07) is 10.5. The summed E-state index contributed by atoms with van der Waals surface area (Å²) in [5.74, 6) is -0.638. The Bertz CT molecular complexity index is 938. The normalized spacial score (nSPS) is 10.6. The third kappa shape index (κ3) is 3.92. The molecule has 7 nitrogen and oxygen atoms in total. The summed E-state index contributed by atoms with van der Waals surface area (Å²) in [5.41, 5.74) is 7.89. The Morgan fingerprint density at radius 3 is 2.52 bits per heavy atom. The van der Waals surface area contributed by atoms with E-state index in [9.17, 15) is 9.59 Å². The molecule has 3 aromatic rings. The number of nitrogens with zero attached hydrogens (tertiary/aromatic N) is 2. The van der Waals surface area contributed by atoms with E-state index in [1.807, 2.05) is 25.1 Å². The van der Waals surface area contributed by atoms with E-state index in [4.69, 9.17) is 5.73 Å². The van der Waals surface area contributed by atoms with Gasteiger partial charge in [-0.05, 0) is 36.8 Å². The number of fused-ring (bicyclic) bond motifs is 1. The first-order valence-corrected chi connectivity index (χ1v) is 8.57. The highest BCUT2D eigenvalue weighted by atomic mass is 32.1. The average molecular weight is 355 g/mol. The van der Waals surface area contributed by atoms with E-state index >= 15 is 0 Å². The van der Waals surface area contributed by atoms with Crippen LogP contribution < -0.4 is 16.4 Å². The fourth-order valence-electron chi connectivity index (χ4n) is 2.31. The van der Waals surface area contributed by atoms with Crippen LogP contribution in [-0.2, 0) is 6.54 Å². The summed E-state index contributed by atoms with van der Waals surface area (Å²) in [6.07, 6.45) is 0. The van der Waals surface area contributed by atoms with Crippen LogP contribution in [0.25, 0.3) is 10.2 Å². The number of carbonyl (C=O) groups is 2. The summed E-state index contributed by atoms with van der Waals surface area (Å²) < 4.78 is 0.973. The standard InChI is InChI=1S/C17H17N5O2S/c1-2-19-15(23)12-4-3-5-13(21-12)16(24)20-9-10-6-7-11-14(8-10)25-17(18)22-11/h3-8H,2,9H2,1H3,(H2,18,22)(H,19,23)(H,20,24). The molecule has 0 aliphatic heterocycles. The lowest BCUT2D eigenvalue weighted by molar-refractivity contribution is 0.0943. The number of aromatic nitrogens is 2. The Morgan fingerprint density at radius 2 is 1.80 bits per heavy atom. The summed E-state index contributed by atoms with van der Waals surface area (Å²) >= 11 is 1.40. The predicted molar refractivity (Wildman–Crippen MR) is 97.4 cm³/mol. The van der Waals surface area contributed by atoms with Crippen molar-refractivity contribution < 1.29 is 9.59 Å². The van der Waals surface area contributed by atoms with Crippen LogP contribution in [0.1, 0.15) is 33.5 Å². The van der Waals surface area contributed by atoms with Gasteiger partial charge in [-0.25, -0.2) is 9.97 Å². The highest BCUT2D eigenvalue weighted by molar-refractivity contribution is 7.22. The van der Waals surface area contributed by atoms with Crippen molar-refractivity contribution in [3.63, 3.8) is 0 Å². The van der Waals surface area contributed by atoms with Crippen molar-refractivity contribution in [2.24, 2.45) is 0 Å². The number of anilines is 1. The molecule has 3 rings (SSSR count). The van der Waals surface area contributed by atoms with Gasteiger partial charge in [-0.15, -0.1) is 0 Å². The van der Waals surface area contributed by atoms with Gasteiger partial charge in [0, 0.05) is 13.1 Å². The second kappa shape index (κ2) is 7.27. The van der Waals surface area contributed by atoms with E-state index in [1.54, 1.807) is 18.2 Å². The van der Waals surface area contributed by atoms with Crippen LogP contribution in [0.5, 0.6) is 0 Å². The number of nitrogen functional groups attached to an aromatic ring is 1. The third-order valence-electron chi connectivity index (χ3n) is 3.47. The molecule has 25 heavy (non-hydrogen) atoms. The van der Waals surface area contributed by atoms with Crippen molar-refractivity contribution in [2.75, 3.05) is 12.3 Å². The van der Waals surface area contributed by atoms with Crippen LogP contribution in [0.4, 0.5) is 5.13 Å². The average Bonchev–Trinajstić information content (AvgIpc) is 2.99. The maximum Gasteiger partial charge on any atom is 0.270 e. The lowest BCUT2D eigenvalue weighted by atomic mass is 10.2. The highest BCUT2D eigenvalue weighted by Gasteiger charge is 2.12. The minimum atomic E-state index is -0.338. The van der Waals surface area contributed by atoms with Gasteiger partial charge in [-0.2, -0.15) is 0 Å². The van der Waals surface area contributed by atoms with E-state index in [2.05, 4.69) is 20.6 Å². The van der Waals surface area contributed by atoms with Crippen LogP contribution >= 0.6 is 11.3 Å². The zero-order valence-corrected chi connectivity index (χ0v) is 14.4. The largest absolute Gasteiger partial charge is 0.375 e. The van der Waals surface area contributed by atoms with E-state index in [1.165, 1.54) is 11.3 Å². The zero-order valence-electron chi connectivity index (χ0n) is 13.6. The number of nitrogens with two attached hydrogens (primary N) is 1. The number of thiazole rings is 1. The van der Waals surface area contributed by atoms with Crippen molar-refractivity contribution in [1.29, 1.82) is 0 Å². The molecule has 128 valence electrons. The number of pyridine rings is 1. The molecule has 0 unspecified atom stereocenters. The van der Waals surface area contributed by atoms with Crippen LogP contribution in [0.15, 0.2) is 36.4 Å². The van der Waals surface area contributed by atoms with E-state index in [0.717, 1.165) is 15.8 Å². The monoisotopic (exact) mass is 355 g/mol. The number of nitrogens with one attached hydrogen (secondary N) is 2. The Kier molecular flexibility index (Phi) is 4.90. The smallest absolute Gasteiger partial charge is 0.270 e. The SMILES string of the molecule is CCNC(=O)c1cccc(C(=O)NCc2ccc3nc(N)sc3c2)n1. The molecule has 1 aromatic carbocycles. The van der Waals surface area contributed by atoms with Gasteiger partial charge in [0.15, 0.2) is 5.13 Å². The minimum Gasteiger partial charge on any atom is -0.375 e. The van der Waals surface area contributed by atoms with Crippen molar-refractivity contribution >= 4 is 38.5 Å². The second-order valence-corrected chi connectivity index (χ2v) is 6.37. The van der Waals surface area contributed by atoms with Crippen LogP contribution in [0.3, 0.4) is 0 Å². The van der Waals surface area contributed by atoms with E-state index in [0.29, 0.717) is 18.2 Å². The zero-order chi connectivity index (χ0) is 17.8. The Balaban J connectivity index is 1.69. The Labute approximate surface area is 148 Å². The predicted octanol–water partition coefficient (Wildman–Crippen LogP) is 1.95. The van der Waals surface area contributed by atoms with Gasteiger partial charge in [-0.3, -0.25) is 9.59 Å². The summed E-state index contributed by atoms with van der Waals surface area (Å²) in [6.45, 7) is 2.67. The van der Waals surface area contributed by atoms with Crippen molar-refractivity contribution in [3.05, 3.63) is 53.3 Å². The van der Waals surface area contributed by atoms with Gasteiger partial charge in [0.25, 0.3) is 11.8 Å². The molecule has 2 amide bonds. The Morgan fingerprint density at radius 1 is 1.08 bits per heavy atom. The van der Waals surface area contributed by atoms with Gasteiger partial charge in [0.2, 0.25) is 0 Å². The van der Waals surface area contributed by atoms with Gasteiger partial charge >= 0.3 is 0 Å². The lowest BCUT2D eigenvalue weighted by Gasteiger charge is -2.07. The van der Waals surface area contributed by atoms with Gasteiger partial charge in [0.05, 0.1) is 10.2 Å². The molecule has 0 aliphatic carbocycles. The number of benzene rings is 1. The van der Waals surface area contributed by atoms with Crippen molar-refractivity contribution in [3.8, 4) is 0 Å². The molecule has 0 fully saturated rings. The summed E-state index contributed by atoms with van der Waals surface area (Å²) in [4.78, 5) is 32.4. The molecule has 0 saturated carbocycles. The van der Waals surface area contributed by atoms with Crippen LogP contribution in [-0.4, -0.2) is 28.3 Å². The van der Waals surface area contributed by atoms with E-state index < -0.39 is 0 Å². The molecule has 0 spiro atoms. The quantitative estimate of drug-likeness (QED) is 0.648. The molecular weight excluding hydrogens is 338 g/mol. The molecule has 2 aromatic heterocycles. The second-order valence-electron chi connectivity index (χ2n) is 5.30. The highest BCUT2D eigenvalue weighted by Crippen LogP contribution is 2.24. The molecule has 0 aliphatic rings. The topological polar surface area (TPSA) is 110 Å². The third-order valence-corrected chi connectivity index (χ3v) is 4.32. The van der Waals surface area contributed by atoms with Crippen LogP contribution in [0.2, 0.25) is 0 Å². The van der Waals surface area contributed by atoms with Crippen LogP contribution in [0, 0.1) is 0 Å². The first-order valence-electron chi connectivity index (χ1n) is 7.75. The first kappa shape index (κ1) is 16.8. The van der Waals surface area contributed by atoms with Crippen molar-refractivity contribution in [1.82, 2.24) is 20.6 Å². The number of rotatable bonds is 5. The van der Waals surface area contributed by atoms with E-state index in [-0.39, 0.29) is 23.2 Å². The molecule has 0 saturated heterocycles. The molecule has 4 N–H and O–H groups in total. The Hall–Kier alpha value is -3.00. The fraction of sp³-hybridized carbons (Fsp3) is 0.176. The number of hydrogen-bond acceptors (Lipinski definition) is 6. The van der Waals surface area contributed by atoms with Crippen molar-refractivity contribution in [2.45, 2.75) is 13.5 Å². The number of hydrogen-bond donors (Lipinski definition) is 3. The molecule has 8 heteroatoms. The fourth-order valence-corrected chi connectivity index (χ4v) is 3.11. The number of amides is 2. The molecule has 0 bridgehead atoms.